The van der Waals surface area contributed by atoms with Crippen LogP contribution in [0.3, 0.4) is 0 Å². The number of fused-ring (bicyclic) bond motifs is 1. The highest BCUT2D eigenvalue weighted by molar-refractivity contribution is 5.87. The zero-order valence-corrected chi connectivity index (χ0v) is 10.5. The number of carbonyl (C=O) groups excluding carboxylic acids is 1. The molecule has 0 spiro atoms. The van der Waals surface area contributed by atoms with Gasteiger partial charge in [-0.1, -0.05) is 42.5 Å². The van der Waals surface area contributed by atoms with Crippen LogP contribution in [-0.2, 0) is 17.8 Å². The first-order chi connectivity index (χ1) is 9.36. The summed E-state index contributed by atoms with van der Waals surface area (Å²) in [6.07, 6.45) is 3.52. The van der Waals surface area contributed by atoms with Crippen molar-refractivity contribution in [1.82, 2.24) is 0 Å². The number of allylic oxidation sites excluding steroid dienone is 1. The molecular weight excluding hydrogens is 236 g/mol. The van der Waals surface area contributed by atoms with E-state index < -0.39 is 0 Å². The van der Waals surface area contributed by atoms with Gasteiger partial charge in [0.25, 0.3) is 0 Å². The Morgan fingerprint density at radius 2 is 1.89 bits per heavy atom. The van der Waals surface area contributed by atoms with Gasteiger partial charge in [-0.25, -0.2) is 0 Å². The highest BCUT2D eigenvalue weighted by Gasteiger charge is 2.16. The molecule has 0 unspecified atom stereocenters. The maximum atomic E-state index is 10.9. The van der Waals surface area contributed by atoms with Gasteiger partial charge < -0.3 is 4.74 Å². The quantitative estimate of drug-likeness (QED) is 0.777. The van der Waals surface area contributed by atoms with E-state index in [9.17, 15) is 4.79 Å². The molecule has 0 fully saturated rings. The number of ether oxygens (including phenoxy) is 1. The van der Waals surface area contributed by atoms with Crippen LogP contribution in [0.15, 0.2) is 54.1 Å². The molecular formula is C17H14O2. The van der Waals surface area contributed by atoms with Crippen molar-refractivity contribution in [2.75, 3.05) is 0 Å². The van der Waals surface area contributed by atoms with Gasteiger partial charge in [-0.05, 0) is 28.8 Å². The van der Waals surface area contributed by atoms with Crippen molar-refractivity contribution in [3.05, 3.63) is 70.8 Å². The molecule has 19 heavy (non-hydrogen) atoms. The molecule has 94 valence electrons. The summed E-state index contributed by atoms with van der Waals surface area (Å²) >= 11 is 0. The van der Waals surface area contributed by atoms with Crippen LogP contribution in [0, 0.1) is 0 Å². The number of benzene rings is 2. The summed E-state index contributed by atoms with van der Waals surface area (Å²) < 4.78 is 5.88. The van der Waals surface area contributed by atoms with Gasteiger partial charge in [-0.2, -0.15) is 0 Å². The summed E-state index contributed by atoms with van der Waals surface area (Å²) in [4.78, 5) is 10.9. The smallest absolute Gasteiger partial charge is 0.146 e. The fourth-order valence-corrected chi connectivity index (χ4v) is 2.31. The van der Waals surface area contributed by atoms with E-state index in [-0.39, 0.29) is 0 Å². The molecule has 0 N–H and O–H groups in total. The summed E-state index contributed by atoms with van der Waals surface area (Å²) in [7, 11) is 0. The van der Waals surface area contributed by atoms with Crippen LogP contribution in [0.2, 0.25) is 0 Å². The zero-order chi connectivity index (χ0) is 13.1. The minimum absolute atomic E-state index is 0.549. The second-order valence-electron chi connectivity index (χ2n) is 4.61. The summed E-state index contributed by atoms with van der Waals surface area (Å²) in [5.41, 5.74) is 4.15. The number of hydrogen-bond donors (Lipinski definition) is 0. The maximum Gasteiger partial charge on any atom is 0.146 e. The molecule has 1 aliphatic carbocycles. The lowest BCUT2D eigenvalue weighted by Gasteiger charge is -2.10. The summed E-state index contributed by atoms with van der Waals surface area (Å²) in [5, 5.41) is 0. The third-order valence-electron chi connectivity index (χ3n) is 3.28. The normalized spacial score (nSPS) is 12.7. The first-order valence-corrected chi connectivity index (χ1v) is 6.31. The number of hydrogen-bond acceptors (Lipinski definition) is 2. The zero-order valence-electron chi connectivity index (χ0n) is 10.5. The van der Waals surface area contributed by atoms with Crippen LogP contribution in [-0.4, -0.2) is 6.29 Å². The van der Waals surface area contributed by atoms with Crippen molar-refractivity contribution in [3.8, 4) is 5.75 Å². The Labute approximate surface area is 112 Å². The van der Waals surface area contributed by atoms with Crippen LogP contribution in [0.4, 0.5) is 0 Å². The Morgan fingerprint density at radius 3 is 2.68 bits per heavy atom. The van der Waals surface area contributed by atoms with Crippen molar-refractivity contribution in [3.63, 3.8) is 0 Å². The first-order valence-electron chi connectivity index (χ1n) is 6.31. The van der Waals surface area contributed by atoms with Gasteiger partial charge in [0.15, 0.2) is 0 Å². The molecule has 2 aromatic rings. The summed E-state index contributed by atoms with van der Waals surface area (Å²) in [6.45, 7) is 0.549. The molecule has 0 bridgehead atoms. The Hall–Kier alpha value is -2.35. The standard InChI is InChI=1S/C17H14O2/c18-11-14-9-15-7-4-8-17(16(15)10-14)19-12-13-5-2-1-3-6-13/h1-9,11H,10,12H2. The van der Waals surface area contributed by atoms with Gasteiger partial charge in [0, 0.05) is 12.0 Å². The monoisotopic (exact) mass is 250 g/mol. The largest absolute Gasteiger partial charge is 0.489 e. The molecule has 2 heteroatoms. The fraction of sp³-hybridized carbons (Fsp3) is 0.118. The summed E-state index contributed by atoms with van der Waals surface area (Å²) in [6, 6.07) is 16.0. The van der Waals surface area contributed by atoms with Crippen LogP contribution in [0.1, 0.15) is 16.7 Å². The molecule has 1 aliphatic rings. The van der Waals surface area contributed by atoms with Gasteiger partial charge in [-0.3, -0.25) is 4.79 Å². The Morgan fingerprint density at radius 1 is 1.05 bits per heavy atom. The number of rotatable bonds is 4. The molecule has 0 saturated heterocycles. The summed E-state index contributed by atoms with van der Waals surface area (Å²) in [5.74, 6) is 0.870. The molecule has 0 saturated carbocycles. The Bertz CT molecular complexity index is 627. The average molecular weight is 250 g/mol. The van der Waals surface area contributed by atoms with Crippen molar-refractivity contribution in [1.29, 1.82) is 0 Å². The average Bonchev–Trinajstić information content (AvgIpc) is 2.90. The fourth-order valence-electron chi connectivity index (χ4n) is 2.31. The number of carbonyl (C=O) groups is 1. The van der Waals surface area contributed by atoms with Gasteiger partial charge in [0.05, 0.1) is 0 Å². The molecule has 0 radical (unpaired) electrons. The van der Waals surface area contributed by atoms with E-state index in [1.54, 1.807) is 0 Å². The number of aldehydes is 1. The molecule has 0 heterocycles. The molecule has 2 aromatic carbocycles. The maximum absolute atomic E-state index is 10.9. The van der Waals surface area contributed by atoms with Gasteiger partial charge >= 0.3 is 0 Å². The third kappa shape index (κ3) is 2.43. The SMILES string of the molecule is O=CC1=Cc2cccc(OCc3ccccc3)c2C1. The van der Waals surface area contributed by atoms with Crippen molar-refractivity contribution < 1.29 is 9.53 Å². The second kappa shape index (κ2) is 5.11. The van der Waals surface area contributed by atoms with Crippen LogP contribution in [0.25, 0.3) is 6.08 Å². The molecule has 0 aromatic heterocycles. The molecule has 0 amide bonds. The van der Waals surface area contributed by atoms with Crippen molar-refractivity contribution >= 4 is 12.4 Å². The lowest BCUT2D eigenvalue weighted by molar-refractivity contribution is -0.104. The molecule has 2 nitrogen and oxygen atoms in total. The lowest BCUT2D eigenvalue weighted by Crippen LogP contribution is -1.98. The first kappa shape index (κ1) is 11.7. The van der Waals surface area contributed by atoms with Gasteiger partial charge in [0.1, 0.15) is 18.6 Å². The topological polar surface area (TPSA) is 26.3 Å². The van der Waals surface area contributed by atoms with Crippen LogP contribution in [0.5, 0.6) is 5.75 Å². The molecule has 3 rings (SSSR count). The Balaban J connectivity index is 1.78. The van der Waals surface area contributed by atoms with Crippen LogP contribution < -0.4 is 4.74 Å². The van der Waals surface area contributed by atoms with Crippen LogP contribution >= 0.6 is 0 Å². The minimum Gasteiger partial charge on any atom is -0.489 e. The highest BCUT2D eigenvalue weighted by atomic mass is 16.5. The van der Waals surface area contributed by atoms with E-state index in [0.717, 1.165) is 34.3 Å². The van der Waals surface area contributed by atoms with E-state index >= 15 is 0 Å². The molecule has 0 aliphatic heterocycles. The Kier molecular flexibility index (Phi) is 3.15. The second-order valence-corrected chi connectivity index (χ2v) is 4.61. The van der Waals surface area contributed by atoms with E-state index in [1.165, 1.54) is 0 Å². The van der Waals surface area contributed by atoms with E-state index in [4.69, 9.17) is 4.74 Å². The minimum atomic E-state index is 0.549. The van der Waals surface area contributed by atoms with Gasteiger partial charge in [-0.15, -0.1) is 0 Å². The highest BCUT2D eigenvalue weighted by Crippen LogP contribution is 2.32. The lowest BCUT2D eigenvalue weighted by atomic mass is 10.1. The van der Waals surface area contributed by atoms with Crippen molar-refractivity contribution in [2.45, 2.75) is 13.0 Å². The van der Waals surface area contributed by atoms with E-state index in [2.05, 4.69) is 0 Å². The van der Waals surface area contributed by atoms with Crippen molar-refractivity contribution in [2.24, 2.45) is 0 Å². The predicted octanol–water partition coefficient (Wildman–Crippen LogP) is 3.40. The van der Waals surface area contributed by atoms with E-state index in [1.807, 2.05) is 54.6 Å². The molecule has 0 atom stereocenters. The predicted molar refractivity (Wildman–Crippen MR) is 75.0 cm³/mol. The third-order valence-corrected chi connectivity index (χ3v) is 3.28. The van der Waals surface area contributed by atoms with Gasteiger partial charge in [0.2, 0.25) is 0 Å². The van der Waals surface area contributed by atoms with E-state index in [0.29, 0.717) is 13.0 Å².